The molecule has 4 heterocycles. The summed E-state index contributed by atoms with van der Waals surface area (Å²) in [4.78, 5) is 48.8. The van der Waals surface area contributed by atoms with Crippen molar-refractivity contribution in [3.8, 4) is 5.75 Å². The number of nitrogens with one attached hydrogen (secondary N) is 2. The van der Waals surface area contributed by atoms with E-state index in [1.54, 1.807) is 41.3 Å². The second-order valence-electron chi connectivity index (χ2n) is 11.0. The van der Waals surface area contributed by atoms with E-state index in [0.717, 1.165) is 11.6 Å². The Morgan fingerprint density at radius 2 is 1.98 bits per heavy atom. The molecule has 2 N–H and O–H groups in total. The van der Waals surface area contributed by atoms with Gasteiger partial charge in [-0.3, -0.25) is 19.2 Å². The van der Waals surface area contributed by atoms with Crippen LogP contribution in [0, 0.1) is 11.6 Å². The van der Waals surface area contributed by atoms with Gasteiger partial charge in [0.15, 0.2) is 11.4 Å². The molecule has 4 atom stereocenters. The molecule has 3 aliphatic heterocycles. The predicted molar refractivity (Wildman–Crippen MR) is 149 cm³/mol. The maximum Gasteiger partial charge on any atom is 0.275 e. The van der Waals surface area contributed by atoms with Gasteiger partial charge in [-0.05, 0) is 18.6 Å². The van der Waals surface area contributed by atoms with Crippen molar-refractivity contribution in [1.82, 2.24) is 20.3 Å². The highest BCUT2D eigenvalue weighted by atomic mass is 19.1. The minimum atomic E-state index is -1.11. The van der Waals surface area contributed by atoms with Gasteiger partial charge in [0.25, 0.3) is 11.8 Å². The quantitative estimate of drug-likeness (QED) is 0.406. The first-order valence-corrected chi connectivity index (χ1v) is 13.9. The average molecular weight is 595 g/mol. The fourth-order valence-corrected chi connectivity index (χ4v) is 5.83. The Balaban J connectivity index is 1.45. The number of alkyl halides is 1. The summed E-state index contributed by atoms with van der Waals surface area (Å²) in [6, 6.07) is 10.3. The van der Waals surface area contributed by atoms with E-state index in [0.29, 0.717) is 6.07 Å². The SMILES string of the molecule is C[C@H]1C=C[C@]2(CC(CF)NO2)[C@H]2CN1C(=O)c1c(OCc3ccccc3)c(=O)c(C(=O)NCc3ccc(F)cc3F)cn12. The lowest BCUT2D eigenvalue weighted by atomic mass is 9.86. The first-order chi connectivity index (χ1) is 20.7. The first-order valence-electron chi connectivity index (χ1n) is 13.9. The molecule has 1 aromatic heterocycles. The Hall–Kier alpha value is -4.42. The number of carbonyl (C=O) groups is 2. The highest BCUT2D eigenvalue weighted by molar-refractivity contribution is 5.99. The van der Waals surface area contributed by atoms with E-state index in [2.05, 4.69) is 10.8 Å². The second-order valence-corrected chi connectivity index (χ2v) is 11.0. The van der Waals surface area contributed by atoms with Crippen molar-refractivity contribution < 1.29 is 32.3 Å². The molecule has 224 valence electrons. The van der Waals surface area contributed by atoms with Gasteiger partial charge in [0.2, 0.25) is 5.43 Å². The highest BCUT2D eigenvalue weighted by Gasteiger charge is 2.52. The molecular weight excluding hydrogens is 565 g/mol. The van der Waals surface area contributed by atoms with Crippen molar-refractivity contribution in [3.05, 3.63) is 111 Å². The van der Waals surface area contributed by atoms with Crippen LogP contribution in [0.2, 0.25) is 0 Å². The molecule has 1 saturated heterocycles. The Labute approximate surface area is 244 Å². The van der Waals surface area contributed by atoms with Gasteiger partial charge >= 0.3 is 0 Å². The molecule has 12 heteroatoms. The van der Waals surface area contributed by atoms with E-state index in [1.807, 2.05) is 13.0 Å². The Morgan fingerprint density at radius 1 is 1.19 bits per heavy atom. The van der Waals surface area contributed by atoms with Crippen LogP contribution in [-0.2, 0) is 18.0 Å². The lowest BCUT2D eigenvalue weighted by molar-refractivity contribution is -0.0629. The second kappa shape index (κ2) is 11.3. The number of ether oxygens (including phenoxy) is 1. The van der Waals surface area contributed by atoms with Crippen molar-refractivity contribution in [2.75, 3.05) is 13.2 Å². The molecule has 3 aromatic rings. The van der Waals surface area contributed by atoms with Gasteiger partial charge in [0.05, 0.1) is 12.1 Å². The van der Waals surface area contributed by atoms with Gasteiger partial charge in [0.1, 0.15) is 36.1 Å². The van der Waals surface area contributed by atoms with Gasteiger partial charge in [0, 0.05) is 43.4 Å². The third-order valence-electron chi connectivity index (χ3n) is 8.17. The zero-order valence-electron chi connectivity index (χ0n) is 23.2. The average Bonchev–Trinajstić information content (AvgIpc) is 3.38. The van der Waals surface area contributed by atoms with Crippen molar-refractivity contribution in [2.24, 2.45) is 0 Å². The molecule has 1 fully saturated rings. The number of aromatic nitrogens is 1. The number of benzene rings is 2. The number of rotatable bonds is 7. The maximum atomic E-state index is 14.2. The van der Waals surface area contributed by atoms with Gasteiger partial charge in [-0.1, -0.05) is 48.6 Å². The third kappa shape index (κ3) is 5.21. The summed E-state index contributed by atoms with van der Waals surface area (Å²) in [7, 11) is 0. The van der Waals surface area contributed by atoms with E-state index >= 15 is 0 Å². The minimum Gasteiger partial charge on any atom is -0.483 e. The molecule has 2 aromatic carbocycles. The first kappa shape index (κ1) is 28.7. The topological polar surface area (TPSA) is 102 Å². The van der Waals surface area contributed by atoms with Crippen molar-refractivity contribution >= 4 is 11.8 Å². The highest BCUT2D eigenvalue weighted by Crippen LogP contribution is 2.43. The van der Waals surface area contributed by atoms with Crippen LogP contribution >= 0.6 is 0 Å². The smallest absolute Gasteiger partial charge is 0.275 e. The predicted octanol–water partition coefficient (Wildman–Crippen LogP) is 3.59. The minimum absolute atomic E-state index is 0.0173. The molecule has 0 saturated carbocycles. The summed E-state index contributed by atoms with van der Waals surface area (Å²) in [5.74, 6) is -3.25. The van der Waals surface area contributed by atoms with Crippen LogP contribution in [0.15, 0.2) is 71.7 Å². The Bertz CT molecular complexity index is 1660. The van der Waals surface area contributed by atoms with Crippen LogP contribution < -0.4 is 21.0 Å². The molecule has 2 amide bonds. The molecule has 0 radical (unpaired) electrons. The molecule has 0 aliphatic carbocycles. The van der Waals surface area contributed by atoms with Gasteiger partial charge in [-0.25, -0.2) is 13.2 Å². The maximum absolute atomic E-state index is 14.2. The summed E-state index contributed by atoms with van der Waals surface area (Å²) in [5.41, 5.74) is 1.15. The van der Waals surface area contributed by atoms with Gasteiger partial charge < -0.3 is 19.5 Å². The fraction of sp³-hybridized carbons (Fsp3) is 0.323. The molecule has 9 nitrogen and oxygen atoms in total. The zero-order chi connectivity index (χ0) is 30.3. The van der Waals surface area contributed by atoms with Crippen LogP contribution in [0.5, 0.6) is 5.75 Å². The monoisotopic (exact) mass is 594 g/mol. The zero-order valence-corrected chi connectivity index (χ0v) is 23.2. The van der Waals surface area contributed by atoms with E-state index in [4.69, 9.17) is 9.57 Å². The van der Waals surface area contributed by atoms with Crippen molar-refractivity contribution in [2.45, 2.75) is 50.2 Å². The molecule has 6 rings (SSSR count). The summed E-state index contributed by atoms with van der Waals surface area (Å²) < 4.78 is 48.9. The Kier molecular flexibility index (Phi) is 7.57. The summed E-state index contributed by atoms with van der Waals surface area (Å²) in [5, 5.41) is 2.51. The van der Waals surface area contributed by atoms with E-state index in [-0.39, 0.29) is 54.7 Å². The lowest BCUT2D eigenvalue weighted by Crippen LogP contribution is -2.53. The van der Waals surface area contributed by atoms with Gasteiger partial charge in [-0.15, -0.1) is 0 Å². The van der Waals surface area contributed by atoms with Crippen molar-refractivity contribution in [1.29, 1.82) is 0 Å². The molecular formula is C31H29F3N4O5. The number of hydroxylamine groups is 1. The van der Waals surface area contributed by atoms with Crippen molar-refractivity contribution in [3.63, 3.8) is 0 Å². The van der Waals surface area contributed by atoms with Crippen LogP contribution in [0.1, 0.15) is 51.4 Å². The number of hydrogen-bond acceptors (Lipinski definition) is 6. The molecule has 1 unspecified atom stereocenters. The summed E-state index contributed by atoms with van der Waals surface area (Å²) >= 11 is 0. The molecule has 3 aliphatic rings. The molecule has 43 heavy (non-hydrogen) atoms. The fourth-order valence-electron chi connectivity index (χ4n) is 5.83. The normalized spacial score (nSPS) is 24.1. The van der Waals surface area contributed by atoms with Gasteiger partial charge in [-0.2, -0.15) is 5.48 Å². The van der Waals surface area contributed by atoms with Crippen LogP contribution in [0.4, 0.5) is 13.2 Å². The lowest BCUT2D eigenvalue weighted by Gasteiger charge is -2.42. The Morgan fingerprint density at radius 3 is 2.70 bits per heavy atom. The molecule has 1 spiro atoms. The third-order valence-corrected chi connectivity index (χ3v) is 8.17. The number of amides is 2. The number of halogens is 3. The number of fused-ring (bicyclic) bond motifs is 5. The number of hydrogen-bond donors (Lipinski definition) is 2. The van der Waals surface area contributed by atoms with Crippen LogP contribution in [0.3, 0.4) is 0 Å². The summed E-state index contributed by atoms with van der Waals surface area (Å²) in [6.45, 7) is 0.917. The largest absolute Gasteiger partial charge is 0.483 e. The van der Waals surface area contributed by atoms with E-state index in [9.17, 15) is 27.6 Å². The number of nitrogens with zero attached hydrogens (tertiary/aromatic N) is 2. The van der Waals surface area contributed by atoms with E-state index < -0.39 is 53.2 Å². The summed E-state index contributed by atoms with van der Waals surface area (Å²) in [6.07, 6.45) is 5.12. The molecule has 2 bridgehead atoms. The standard InChI is InChI=1S/C31H29F3N4O5/c1-18-9-10-31(12-22(13-32)36-43-31)25-16-37(18)30(41)26-28(42-17-19-5-3-2-4-6-19)27(39)23(15-38(25)26)29(40)35-14-20-7-8-21(33)11-24(20)34/h2-11,15,18,22,25,36H,12-14,16-17H2,1H3,(H,35,40)/t18-,22?,25+,31-/m0/s1. The van der Waals surface area contributed by atoms with E-state index in [1.165, 1.54) is 16.8 Å². The van der Waals surface area contributed by atoms with Crippen LogP contribution in [-0.4, -0.2) is 52.2 Å². The number of carbonyl (C=O) groups excluding carboxylic acids is 2. The van der Waals surface area contributed by atoms with Crippen LogP contribution in [0.25, 0.3) is 0 Å². The number of pyridine rings is 1.